The lowest BCUT2D eigenvalue weighted by Gasteiger charge is -2.09. The van der Waals surface area contributed by atoms with Gasteiger partial charge in [-0.1, -0.05) is 0 Å². The first-order chi connectivity index (χ1) is 10.8. The molecule has 0 saturated heterocycles. The number of aliphatic hydroxyl groups is 1. The molecule has 3 aromatic rings. The van der Waals surface area contributed by atoms with Crippen molar-refractivity contribution in [1.82, 2.24) is 20.2 Å². The first-order valence-electron chi connectivity index (χ1n) is 6.77. The zero-order valence-corrected chi connectivity index (χ0v) is 12.0. The van der Waals surface area contributed by atoms with Gasteiger partial charge in [-0.05, 0) is 24.3 Å². The summed E-state index contributed by atoms with van der Waals surface area (Å²) in [6.45, 7) is 0.382. The van der Waals surface area contributed by atoms with E-state index in [1.165, 1.54) is 0 Å². The van der Waals surface area contributed by atoms with Crippen LogP contribution in [0.1, 0.15) is 0 Å². The number of benzene rings is 1. The van der Waals surface area contributed by atoms with Crippen LogP contribution in [0.3, 0.4) is 0 Å². The summed E-state index contributed by atoms with van der Waals surface area (Å²) in [5.74, 6) is 1.83. The third-order valence-corrected chi connectivity index (χ3v) is 3.06. The SMILES string of the molecule is COc1ccc(Nc2nc(NCCO)nc3[nH]ncc23)cc1. The second-order valence-electron chi connectivity index (χ2n) is 4.53. The molecule has 0 atom stereocenters. The summed E-state index contributed by atoms with van der Waals surface area (Å²) in [6.07, 6.45) is 1.66. The number of nitrogens with zero attached hydrogens (tertiary/aromatic N) is 3. The van der Waals surface area contributed by atoms with Crippen LogP contribution in [0.25, 0.3) is 11.0 Å². The summed E-state index contributed by atoms with van der Waals surface area (Å²) in [5, 5.41) is 22.6. The van der Waals surface area contributed by atoms with Crippen LogP contribution in [-0.2, 0) is 0 Å². The van der Waals surface area contributed by atoms with E-state index in [1.807, 2.05) is 24.3 Å². The van der Waals surface area contributed by atoms with Gasteiger partial charge in [0.25, 0.3) is 0 Å². The zero-order chi connectivity index (χ0) is 15.4. The van der Waals surface area contributed by atoms with Crippen molar-refractivity contribution >= 4 is 28.5 Å². The van der Waals surface area contributed by atoms with Crippen LogP contribution in [0.15, 0.2) is 30.5 Å². The number of aromatic amines is 1. The number of hydrogen-bond acceptors (Lipinski definition) is 7. The largest absolute Gasteiger partial charge is 0.497 e. The predicted molar refractivity (Wildman–Crippen MR) is 83.5 cm³/mol. The molecule has 0 bridgehead atoms. The summed E-state index contributed by atoms with van der Waals surface area (Å²) < 4.78 is 5.14. The van der Waals surface area contributed by atoms with Gasteiger partial charge in [-0.3, -0.25) is 5.10 Å². The summed E-state index contributed by atoms with van der Waals surface area (Å²) in [4.78, 5) is 8.70. The first-order valence-corrected chi connectivity index (χ1v) is 6.77. The van der Waals surface area contributed by atoms with Gasteiger partial charge in [-0.25, -0.2) is 0 Å². The molecule has 4 N–H and O–H groups in total. The van der Waals surface area contributed by atoms with Crippen molar-refractivity contribution < 1.29 is 9.84 Å². The van der Waals surface area contributed by atoms with E-state index in [-0.39, 0.29) is 6.61 Å². The Hall–Kier alpha value is -2.87. The number of hydrogen-bond donors (Lipinski definition) is 4. The van der Waals surface area contributed by atoms with Crippen LogP contribution in [-0.4, -0.2) is 45.5 Å². The second-order valence-corrected chi connectivity index (χ2v) is 4.53. The minimum atomic E-state index is 0.00557. The van der Waals surface area contributed by atoms with E-state index >= 15 is 0 Å². The molecule has 0 radical (unpaired) electrons. The molecule has 0 spiro atoms. The van der Waals surface area contributed by atoms with Crippen molar-refractivity contribution in [2.45, 2.75) is 0 Å². The monoisotopic (exact) mass is 300 g/mol. The molecule has 2 aromatic heterocycles. The molecule has 114 valence electrons. The van der Waals surface area contributed by atoms with Crippen LogP contribution in [0.4, 0.5) is 17.5 Å². The third-order valence-electron chi connectivity index (χ3n) is 3.06. The van der Waals surface area contributed by atoms with Gasteiger partial charge in [-0.15, -0.1) is 0 Å². The van der Waals surface area contributed by atoms with E-state index in [0.717, 1.165) is 16.8 Å². The van der Waals surface area contributed by atoms with Crippen molar-refractivity contribution in [3.63, 3.8) is 0 Å². The standard InChI is InChI=1S/C14H16N6O2/c1-22-10-4-2-9(3-5-10)17-12-11-8-16-20-13(11)19-14(18-12)15-6-7-21/h2-5,8,21H,6-7H2,1H3,(H3,15,16,17,18,19,20). The molecule has 22 heavy (non-hydrogen) atoms. The van der Waals surface area contributed by atoms with Crippen LogP contribution in [0.2, 0.25) is 0 Å². The molecule has 0 amide bonds. The van der Waals surface area contributed by atoms with Crippen LogP contribution in [0, 0.1) is 0 Å². The number of ether oxygens (including phenoxy) is 1. The average Bonchev–Trinajstić information content (AvgIpc) is 3.02. The lowest BCUT2D eigenvalue weighted by atomic mass is 10.3. The van der Waals surface area contributed by atoms with Crippen molar-refractivity contribution in [1.29, 1.82) is 0 Å². The zero-order valence-electron chi connectivity index (χ0n) is 12.0. The normalized spacial score (nSPS) is 10.6. The second kappa shape index (κ2) is 6.27. The summed E-state index contributed by atoms with van der Waals surface area (Å²) in [6, 6.07) is 7.52. The summed E-state index contributed by atoms with van der Waals surface area (Å²) in [7, 11) is 1.63. The number of nitrogens with one attached hydrogen (secondary N) is 3. The molecule has 0 aliphatic rings. The van der Waals surface area contributed by atoms with E-state index in [1.54, 1.807) is 13.3 Å². The molecular formula is C14H16N6O2. The van der Waals surface area contributed by atoms with Gasteiger partial charge in [0.05, 0.1) is 25.3 Å². The topological polar surface area (TPSA) is 108 Å². The third kappa shape index (κ3) is 2.91. The molecule has 1 aromatic carbocycles. The molecule has 0 fully saturated rings. The van der Waals surface area contributed by atoms with Gasteiger partial charge in [0, 0.05) is 12.2 Å². The van der Waals surface area contributed by atoms with Crippen LogP contribution >= 0.6 is 0 Å². The van der Waals surface area contributed by atoms with Gasteiger partial charge < -0.3 is 20.5 Å². The Bertz CT molecular complexity index is 756. The highest BCUT2D eigenvalue weighted by molar-refractivity contribution is 5.89. The van der Waals surface area contributed by atoms with E-state index < -0.39 is 0 Å². The number of H-pyrrole nitrogens is 1. The van der Waals surface area contributed by atoms with Gasteiger partial charge in [0.15, 0.2) is 5.65 Å². The fraction of sp³-hybridized carbons (Fsp3) is 0.214. The maximum atomic E-state index is 8.89. The first kappa shape index (κ1) is 14.1. The molecule has 0 saturated carbocycles. The molecule has 8 heteroatoms. The summed E-state index contributed by atoms with van der Waals surface area (Å²) in [5.41, 5.74) is 1.49. The minimum absolute atomic E-state index is 0.00557. The Balaban J connectivity index is 1.91. The van der Waals surface area contributed by atoms with Crippen LogP contribution in [0.5, 0.6) is 5.75 Å². The lowest BCUT2D eigenvalue weighted by molar-refractivity contribution is 0.311. The van der Waals surface area contributed by atoms with Crippen molar-refractivity contribution in [3.05, 3.63) is 30.5 Å². The van der Waals surface area contributed by atoms with Crippen molar-refractivity contribution in [2.75, 3.05) is 30.9 Å². The maximum Gasteiger partial charge on any atom is 0.226 e. The predicted octanol–water partition coefficient (Wildman–Crippen LogP) is 1.51. The molecule has 8 nitrogen and oxygen atoms in total. The smallest absolute Gasteiger partial charge is 0.226 e. The summed E-state index contributed by atoms with van der Waals surface area (Å²) >= 11 is 0. The lowest BCUT2D eigenvalue weighted by Crippen LogP contribution is -2.09. The van der Waals surface area contributed by atoms with Crippen LogP contribution < -0.4 is 15.4 Å². The Morgan fingerprint density at radius 1 is 1.23 bits per heavy atom. The molecule has 2 heterocycles. The molecule has 0 aliphatic heterocycles. The number of aromatic nitrogens is 4. The number of anilines is 3. The number of fused-ring (bicyclic) bond motifs is 1. The highest BCUT2D eigenvalue weighted by atomic mass is 16.5. The number of rotatable bonds is 6. The average molecular weight is 300 g/mol. The van der Waals surface area contributed by atoms with E-state index in [4.69, 9.17) is 9.84 Å². The Morgan fingerprint density at radius 3 is 2.77 bits per heavy atom. The molecular weight excluding hydrogens is 284 g/mol. The van der Waals surface area contributed by atoms with E-state index in [9.17, 15) is 0 Å². The van der Waals surface area contributed by atoms with Gasteiger partial charge in [0.1, 0.15) is 11.6 Å². The molecule has 3 rings (SSSR count). The van der Waals surface area contributed by atoms with Crippen molar-refractivity contribution in [3.8, 4) is 5.75 Å². The van der Waals surface area contributed by atoms with Gasteiger partial charge >= 0.3 is 0 Å². The fourth-order valence-electron chi connectivity index (χ4n) is 1.99. The minimum Gasteiger partial charge on any atom is -0.497 e. The van der Waals surface area contributed by atoms with E-state index in [2.05, 4.69) is 30.8 Å². The Morgan fingerprint density at radius 2 is 2.05 bits per heavy atom. The maximum absolute atomic E-state index is 8.89. The quantitative estimate of drug-likeness (QED) is 0.546. The molecule has 0 unspecified atom stereocenters. The van der Waals surface area contributed by atoms with Gasteiger partial charge in [0.2, 0.25) is 5.95 Å². The fourth-order valence-corrected chi connectivity index (χ4v) is 1.99. The van der Waals surface area contributed by atoms with Gasteiger partial charge in [-0.2, -0.15) is 15.1 Å². The number of aliphatic hydroxyl groups excluding tert-OH is 1. The molecule has 0 aliphatic carbocycles. The highest BCUT2D eigenvalue weighted by Gasteiger charge is 2.09. The Kier molecular flexibility index (Phi) is 4.01. The Labute approximate surface area is 126 Å². The van der Waals surface area contributed by atoms with Crippen molar-refractivity contribution in [2.24, 2.45) is 0 Å². The number of methoxy groups -OCH3 is 1. The van der Waals surface area contributed by atoms with E-state index in [0.29, 0.717) is 24.0 Å². The highest BCUT2D eigenvalue weighted by Crippen LogP contribution is 2.24.